The van der Waals surface area contributed by atoms with Gasteiger partial charge in [-0.05, 0) is 24.6 Å². The number of hydrogen-bond donors (Lipinski definition) is 0. The van der Waals surface area contributed by atoms with Crippen LogP contribution in [0.3, 0.4) is 0 Å². The fourth-order valence-corrected chi connectivity index (χ4v) is 2.98. The van der Waals surface area contributed by atoms with E-state index in [-0.39, 0.29) is 19.1 Å². The molecule has 134 valence electrons. The van der Waals surface area contributed by atoms with Crippen LogP contribution in [0.25, 0.3) is 16.6 Å². The maximum Gasteiger partial charge on any atom is 0.355 e. The SMILES string of the molecule is CCOC(=O)c1c(-c2ccccc2)c(C(=O)OCCCl)c2ccccn12. The summed E-state index contributed by atoms with van der Waals surface area (Å²) in [7, 11) is 0. The predicted octanol–water partition coefficient (Wildman–Crippen LogP) is 4.18. The predicted molar refractivity (Wildman–Crippen MR) is 99.8 cm³/mol. The van der Waals surface area contributed by atoms with Crippen molar-refractivity contribution < 1.29 is 19.1 Å². The molecule has 0 unspecified atom stereocenters. The third-order valence-electron chi connectivity index (χ3n) is 3.89. The second kappa shape index (κ2) is 8.06. The molecule has 0 radical (unpaired) electrons. The van der Waals surface area contributed by atoms with Crippen molar-refractivity contribution in [3.63, 3.8) is 0 Å². The van der Waals surface area contributed by atoms with Gasteiger partial charge in [-0.15, -0.1) is 11.6 Å². The van der Waals surface area contributed by atoms with Gasteiger partial charge in [0, 0.05) is 11.8 Å². The van der Waals surface area contributed by atoms with Gasteiger partial charge in [0.25, 0.3) is 0 Å². The molecule has 3 rings (SSSR count). The van der Waals surface area contributed by atoms with Crippen molar-refractivity contribution in [1.82, 2.24) is 4.40 Å². The molecule has 0 aliphatic rings. The molecule has 0 N–H and O–H groups in total. The Hall–Kier alpha value is -2.79. The summed E-state index contributed by atoms with van der Waals surface area (Å²) in [5.74, 6) is -0.823. The summed E-state index contributed by atoms with van der Waals surface area (Å²) in [4.78, 5) is 25.4. The number of halogens is 1. The topological polar surface area (TPSA) is 57.0 Å². The van der Waals surface area contributed by atoms with Gasteiger partial charge in [0.15, 0.2) is 0 Å². The summed E-state index contributed by atoms with van der Waals surface area (Å²) in [5, 5.41) is 0. The molecule has 0 amide bonds. The zero-order valence-electron chi connectivity index (χ0n) is 14.3. The highest BCUT2D eigenvalue weighted by atomic mass is 35.5. The summed E-state index contributed by atoms with van der Waals surface area (Å²) in [6.45, 7) is 2.07. The van der Waals surface area contributed by atoms with E-state index >= 15 is 0 Å². The van der Waals surface area contributed by atoms with Crippen LogP contribution in [0.15, 0.2) is 54.7 Å². The third-order valence-corrected chi connectivity index (χ3v) is 4.04. The first-order chi connectivity index (χ1) is 12.7. The Balaban J connectivity index is 2.33. The maximum absolute atomic E-state index is 12.8. The fourth-order valence-electron chi connectivity index (χ4n) is 2.90. The van der Waals surface area contributed by atoms with Crippen molar-refractivity contribution in [1.29, 1.82) is 0 Å². The molecule has 2 aromatic heterocycles. The van der Waals surface area contributed by atoms with E-state index in [1.165, 1.54) is 0 Å². The monoisotopic (exact) mass is 371 g/mol. The first kappa shape index (κ1) is 18.0. The highest BCUT2D eigenvalue weighted by molar-refractivity contribution is 6.18. The molecule has 0 atom stereocenters. The smallest absolute Gasteiger partial charge is 0.355 e. The van der Waals surface area contributed by atoms with Crippen molar-refractivity contribution in [2.45, 2.75) is 6.92 Å². The standard InChI is InChI=1S/C20H18ClNO4/c1-2-25-20(24)18-16(14-8-4-3-5-9-14)17(19(23)26-13-11-21)15-10-6-7-12-22(15)18/h3-10,12H,2,11,13H2,1H3. The van der Waals surface area contributed by atoms with Gasteiger partial charge in [-0.3, -0.25) is 0 Å². The highest BCUT2D eigenvalue weighted by Gasteiger charge is 2.29. The zero-order valence-corrected chi connectivity index (χ0v) is 15.0. The first-order valence-electron chi connectivity index (χ1n) is 8.27. The van der Waals surface area contributed by atoms with Gasteiger partial charge in [-0.2, -0.15) is 0 Å². The highest BCUT2D eigenvalue weighted by Crippen LogP contribution is 2.34. The van der Waals surface area contributed by atoms with E-state index < -0.39 is 11.9 Å². The molecule has 0 spiro atoms. The van der Waals surface area contributed by atoms with E-state index in [0.29, 0.717) is 22.3 Å². The van der Waals surface area contributed by atoms with Gasteiger partial charge in [0.05, 0.1) is 23.6 Å². The van der Waals surface area contributed by atoms with Gasteiger partial charge >= 0.3 is 11.9 Å². The molecule has 3 aromatic rings. The van der Waals surface area contributed by atoms with Crippen molar-refractivity contribution in [2.75, 3.05) is 19.1 Å². The molecule has 0 saturated heterocycles. The molecule has 0 aliphatic carbocycles. The van der Waals surface area contributed by atoms with Crippen molar-refractivity contribution in [2.24, 2.45) is 0 Å². The number of esters is 2. The van der Waals surface area contributed by atoms with Crippen LogP contribution in [0.4, 0.5) is 0 Å². The van der Waals surface area contributed by atoms with E-state index in [9.17, 15) is 9.59 Å². The van der Waals surface area contributed by atoms with Gasteiger partial charge in [-0.25, -0.2) is 9.59 Å². The maximum atomic E-state index is 12.8. The number of aromatic nitrogens is 1. The van der Waals surface area contributed by atoms with Crippen LogP contribution >= 0.6 is 11.6 Å². The number of benzene rings is 1. The van der Waals surface area contributed by atoms with Crippen LogP contribution in [0, 0.1) is 0 Å². The largest absolute Gasteiger partial charge is 0.461 e. The fraction of sp³-hybridized carbons (Fsp3) is 0.200. The minimum absolute atomic E-state index is 0.0908. The molecule has 0 bridgehead atoms. The minimum atomic E-state index is -0.524. The van der Waals surface area contributed by atoms with Crippen molar-refractivity contribution in [3.05, 3.63) is 66.0 Å². The second-order valence-corrected chi connectivity index (χ2v) is 5.84. The Bertz CT molecular complexity index is 934. The Morgan fingerprint density at radius 1 is 1.00 bits per heavy atom. The Morgan fingerprint density at radius 2 is 1.73 bits per heavy atom. The van der Waals surface area contributed by atoms with Crippen LogP contribution in [0.2, 0.25) is 0 Å². The summed E-state index contributed by atoms with van der Waals surface area (Å²) >= 11 is 5.65. The third kappa shape index (κ3) is 3.30. The summed E-state index contributed by atoms with van der Waals surface area (Å²) in [6.07, 6.45) is 1.73. The van der Waals surface area contributed by atoms with Crippen molar-refractivity contribution in [3.8, 4) is 11.1 Å². The molecule has 26 heavy (non-hydrogen) atoms. The molecular formula is C20H18ClNO4. The summed E-state index contributed by atoms with van der Waals surface area (Å²) in [6, 6.07) is 14.6. The van der Waals surface area contributed by atoms with E-state index in [2.05, 4.69) is 0 Å². The van der Waals surface area contributed by atoms with E-state index in [1.807, 2.05) is 30.3 Å². The molecule has 2 heterocycles. The average molecular weight is 372 g/mol. The normalized spacial score (nSPS) is 10.7. The molecule has 0 saturated carbocycles. The Labute approximate surface area is 156 Å². The molecule has 0 fully saturated rings. The van der Waals surface area contributed by atoms with Crippen molar-refractivity contribution >= 4 is 29.1 Å². The van der Waals surface area contributed by atoms with Gasteiger partial charge < -0.3 is 13.9 Å². The molecule has 0 aliphatic heterocycles. The minimum Gasteiger partial charge on any atom is -0.461 e. The van der Waals surface area contributed by atoms with Gasteiger partial charge in [0.2, 0.25) is 0 Å². The number of rotatable bonds is 6. The number of nitrogens with zero attached hydrogens (tertiary/aromatic N) is 1. The van der Waals surface area contributed by atoms with Crippen LogP contribution in [0.5, 0.6) is 0 Å². The lowest BCUT2D eigenvalue weighted by Crippen LogP contribution is -2.10. The lowest BCUT2D eigenvalue weighted by Gasteiger charge is -2.08. The summed E-state index contributed by atoms with van der Waals surface area (Å²) in [5.41, 5.74) is 2.43. The first-order valence-corrected chi connectivity index (χ1v) is 8.81. The number of ether oxygens (including phenoxy) is 2. The van der Waals surface area contributed by atoms with E-state index in [0.717, 1.165) is 5.56 Å². The van der Waals surface area contributed by atoms with Crippen LogP contribution in [-0.2, 0) is 9.47 Å². The molecule has 6 heteroatoms. The van der Waals surface area contributed by atoms with E-state index in [4.69, 9.17) is 21.1 Å². The van der Waals surface area contributed by atoms with E-state index in [1.54, 1.807) is 35.7 Å². The number of alkyl halides is 1. The molecule has 5 nitrogen and oxygen atoms in total. The Morgan fingerprint density at radius 3 is 2.42 bits per heavy atom. The zero-order chi connectivity index (χ0) is 18.5. The lowest BCUT2D eigenvalue weighted by atomic mass is 10.0. The molecule has 1 aromatic carbocycles. The van der Waals surface area contributed by atoms with Crippen LogP contribution in [-0.4, -0.2) is 35.4 Å². The average Bonchev–Trinajstić information content (AvgIpc) is 3.02. The van der Waals surface area contributed by atoms with Gasteiger partial charge in [-0.1, -0.05) is 36.4 Å². The number of hydrogen-bond acceptors (Lipinski definition) is 4. The van der Waals surface area contributed by atoms with Crippen LogP contribution < -0.4 is 0 Å². The number of fused-ring (bicyclic) bond motifs is 1. The number of pyridine rings is 1. The molecular weight excluding hydrogens is 354 g/mol. The van der Waals surface area contributed by atoms with Crippen LogP contribution in [0.1, 0.15) is 27.8 Å². The number of carbonyl (C=O) groups is 2. The second-order valence-electron chi connectivity index (χ2n) is 5.47. The summed E-state index contributed by atoms with van der Waals surface area (Å²) < 4.78 is 12.2. The lowest BCUT2D eigenvalue weighted by molar-refractivity contribution is 0.0518. The quantitative estimate of drug-likeness (QED) is 0.482. The van der Waals surface area contributed by atoms with Gasteiger partial charge in [0.1, 0.15) is 12.3 Å². The Kier molecular flexibility index (Phi) is 5.58. The number of carbonyl (C=O) groups excluding carboxylic acids is 2.